The Morgan fingerprint density at radius 3 is 1.13 bits per heavy atom. The molecule has 26 nitrogen and oxygen atoms in total. The fourth-order valence-electron chi connectivity index (χ4n) is 17.9. The van der Waals surface area contributed by atoms with E-state index >= 15 is 0 Å². The maximum Gasteiger partial charge on any atom is 0.235 e. The van der Waals surface area contributed by atoms with Gasteiger partial charge in [-0.1, -0.05) is 124 Å². The second kappa shape index (κ2) is 54.5. The Labute approximate surface area is 872 Å². The molecule has 15 rings (SSSR count). The Bertz CT molecular complexity index is 6220. The van der Waals surface area contributed by atoms with Gasteiger partial charge in [-0.05, 0) is 393 Å². The molecular weight excluding hydrogens is 1920 g/mol. The van der Waals surface area contributed by atoms with Crippen LogP contribution in [0.4, 0.5) is 73.9 Å². The van der Waals surface area contributed by atoms with Crippen molar-refractivity contribution in [2.24, 2.45) is 5.92 Å². The highest BCUT2D eigenvalue weighted by Gasteiger charge is 2.32. The molecule has 10 aromatic carbocycles. The Kier molecular flexibility index (Phi) is 44.4. The van der Waals surface area contributed by atoms with E-state index in [0.29, 0.717) is 36.2 Å². The zero-order chi connectivity index (χ0) is 107. The second-order valence-corrected chi connectivity index (χ2v) is 50.5. The van der Waals surface area contributed by atoms with Gasteiger partial charge in [0.1, 0.15) is 0 Å². The van der Waals surface area contributed by atoms with Crippen molar-refractivity contribution in [2.45, 2.75) is 314 Å². The van der Waals surface area contributed by atoms with Gasteiger partial charge in [-0.15, -0.1) is 0 Å². The molecular formula is C114H163N13O13S5-2. The third-order valence-electron chi connectivity index (χ3n) is 26.8. The summed E-state index contributed by atoms with van der Waals surface area (Å²) in [5.74, 6) is 0.788. The Morgan fingerprint density at radius 2 is 0.717 bits per heavy atom. The van der Waals surface area contributed by atoms with Gasteiger partial charge in [0, 0.05) is 150 Å². The summed E-state index contributed by atoms with van der Waals surface area (Å²) in [6.07, 6.45) is 7.52. The van der Waals surface area contributed by atoms with Crippen LogP contribution in [-0.4, -0.2) is 144 Å². The monoisotopic (exact) mass is 2080 g/mol. The fraction of sp³-hybridized carbons (Fsp3) is 0.474. The van der Waals surface area contributed by atoms with Crippen LogP contribution in [0.5, 0.6) is 0 Å². The summed E-state index contributed by atoms with van der Waals surface area (Å²) < 4.78 is 136. The summed E-state index contributed by atoms with van der Waals surface area (Å²) in [4.78, 5) is 7.27. The number of sulfonamides is 3. The molecule has 794 valence electrons. The maximum atomic E-state index is 12.0. The van der Waals surface area contributed by atoms with E-state index in [-0.39, 0.29) is 47.1 Å². The summed E-state index contributed by atoms with van der Waals surface area (Å²) in [5.41, 5.74) is 46.9. The van der Waals surface area contributed by atoms with Gasteiger partial charge in [0.25, 0.3) is 0 Å². The second-order valence-electron chi connectivity index (χ2n) is 40.8. The highest BCUT2D eigenvalue weighted by molar-refractivity contribution is 7.93. The number of hydrogen-bond acceptors (Lipinski definition) is 23. The van der Waals surface area contributed by atoms with E-state index < -0.39 is 68.0 Å². The van der Waals surface area contributed by atoms with Crippen LogP contribution in [0.25, 0.3) is 0 Å². The van der Waals surface area contributed by atoms with Gasteiger partial charge in [-0.25, -0.2) is 25.3 Å². The van der Waals surface area contributed by atoms with Gasteiger partial charge in [0.15, 0.2) is 0 Å². The van der Waals surface area contributed by atoms with Crippen LogP contribution in [0, 0.1) is 61.3 Å². The van der Waals surface area contributed by atoms with E-state index in [1.54, 1.807) is 99.1 Å². The van der Waals surface area contributed by atoms with Crippen LogP contribution < -0.4 is 66.9 Å². The average molecular weight is 2080 g/mol. The number of nitrogens with zero attached hydrogens (tertiary/aromatic N) is 3. The number of morpholine rings is 3. The summed E-state index contributed by atoms with van der Waals surface area (Å²) in [5, 5.41) is 15.8. The van der Waals surface area contributed by atoms with E-state index in [1.807, 2.05) is 72.8 Å². The molecule has 12 N–H and O–H groups in total. The molecule has 0 aromatic heterocycles. The number of hydrogen-bond donors (Lipinski definition) is 10. The standard InChI is InChI=1S/2C24H35N3O3S.C21H29N3O.C21H28N2O2S.C18H22N2.2C3H8O2S/c1-16(2)31(28,29)26-22-9-7-21(8-10-22)13-25-24-17(3)11-23(12-18(24)4)27-14-19(5)30-20(6)15-27;1-16(2)31(28,29)26-22-9-7-21(8-10-22)14-25-24-12-11-23(13-17(24)3)27-15-18(4)30-20(6)19(27)5;1-14-12-24(13-15(2)25-14)21-10-9-20(16(3)17(21)4)23-11-18-5-7-19(22)8-6-18;1-14(2)26(24,25)23-18-10-8-17(9-11-18)13-22-21-12-15(3)19-6-5-7-20(19)16(21)4;1-12-9-15-5-8-18(13(2)17(15)10-12)20-11-14-3-6-16(19)7-4-14;2*1-3(2)6(4)5/h7-12,16,19-20,25-26H,13-15H2,1-6H3;7-13,16,18-20,25-26H,14-15H2,1-6H3;5-10,14-15,23H,11-13,22H2,1-4H3;8-12,14,22-23H,5-7,13H2,1-4H3;3-8,12,20H,9-11,19H2,1-2H3;2*3H,1-2H3,(H,4,5)/p-2/t19-,20+;18-,19?,20+;14-,15+;;;;/m.0...../s1. The molecule has 10 atom stereocenters. The zero-order valence-corrected chi connectivity index (χ0v) is 94.4. The molecule has 0 bridgehead atoms. The largest absolute Gasteiger partial charge is 0.772 e. The molecule has 3 heterocycles. The van der Waals surface area contributed by atoms with Crippen LogP contribution in [0.15, 0.2) is 182 Å². The molecule has 4 unspecified atom stereocenters. The number of rotatable bonds is 29. The first kappa shape index (κ1) is 118. The Hall–Kier alpha value is -10.5. The van der Waals surface area contributed by atoms with Crippen molar-refractivity contribution in [3.05, 3.63) is 277 Å². The predicted molar refractivity (Wildman–Crippen MR) is 609 cm³/mol. The summed E-state index contributed by atoms with van der Waals surface area (Å²) >= 11 is -3.73. The first-order chi connectivity index (χ1) is 68.2. The number of nitrogens with one attached hydrogen (secondary N) is 8. The number of ether oxygens (including phenoxy) is 3. The molecule has 0 amide bonds. The van der Waals surface area contributed by atoms with Crippen molar-refractivity contribution < 1.29 is 57.0 Å². The van der Waals surface area contributed by atoms with Crippen molar-refractivity contribution in [1.29, 1.82) is 0 Å². The molecule has 3 saturated heterocycles. The lowest BCUT2D eigenvalue weighted by Crippen LogP contribution is -2.52. The lowest BCUT2D eigenvalue weighted by Gasteiger charge is -2.42. The third kappa shape index (κ3) is 35.7. The third-order valence-corrected chi connectivity index (χ3v) is 33.6. The van der Waals surface area contributed by atoms with Crippen molar-refractivity contribution in [3.8, 4) is 0 Å². The van der Waals surface area contributed by atoms with Gasteiger partial charge in [-0.2, -0.15) is 0 Å². The van der Waals surface area contributed by atoms with Crippen LogP contribution in [-0.2, 0) is 125 Å². The first-order valence-corrected chi connectivity index (χ1v) is 57.8. The SMILES string of the molecule is CC(C)S(=O)[O-].CC(C)S(=O)[O-].Cc1c(NCc2ccc(N)cc2)ccc(N2C[C@@H](C)O[C@@H](C)C2)c1C.Cc1c(NCc2ccc(N)cc2)ccc2c1CC(C)C2.Cc1cc(N2C[C@@H](C)O[C@@H](C)C2)cc(C)c1NCc1ccc(NS(=O)(=O)C(C)C)cc1.Cc1cc(N2C[C@H](C)O[C@H](C)C2C)ccc1NCc1ccc(NS(=O)(=O)C(C)C)cc1.Cc1cc(NCc2ccc(NS(=O)(=O)C(C)C)cc2)c(C)c2c1CCC2. The predicted octanol–water partition coefficient (Wildman–Crippen LogP) is 22.6. The molecule has 0 spiro atoms. The van der Waals surface area contributed by atoms with Crippen molar-refractivity contribution >= 4 is 126 Å². The summed E-state index contributed by atoms with van der Waals surface area (Å²) in [6.45, 7) is 59.6. The summed E-state index contributed by atoms with van der Waals surface area (Å²) in [6, 6.07) is 61.1. The minimum Gasteiger partial charge on any atom is -0.772 e. The lowest BCUT2D eigenvalue weighted by molar-refractivity contribution is -0.0257. The molecule has 3 aliphatic heterocycles. The lowest BCUT2D eigenvalue weighted by atomic mass is 9.97. The van der Waals surface area contributed by atoms with Crippen LogP contribution in [0.3, 0.4) is 0 Å². The molecule has 0 saturated carbocycles. The van der Waals surface area contributed by atoms with E-state index in [1.165, 1.54) is 139 Å². The molecule has 2 aliphatic carbocycles. The molecule has 10 aromatic rings. The Balaban J connectivity index is 0.000000197. The zero-order valence-electron chi connectivity index (χ0n) is 90.3. The van der Waals surface area contributed by atoms with E-state index in [2.05, 4.69) is 251 Å². The number of nitrogen functional groups attached to an aromatic ring is 2. The molecule has 0 radical (unpaired) electrons. The topological polar surface area (TPSA) is 368 Å². The normalized spacial score (nSPS) is 18.5. The van der Waals surface area contributed by atoms with E-state index in [4.69, 9.17) is 25.7 Å². The van der Waals surface area contributed by atoms with E-state index in [9.17, 15) is 42.8 Å². The highest BCUT2D eigenvalue weighted by atomic mass is 32.2. The van der Waals surface area contributed by atoms with Crippen LogP contribution >= 0.6 is 0 Å². The van der Waals surface area contributed by atoms with Crippen LogP contribution in [0.1, 0.15) is 226 Å². The number of nitrogens with two attached hydrogens (primary N) is 2. The number of fused-ring (bicyclic) bond motifs is 2. The Morgan fingerprint density at radius 1 is 0.366 bits per heavy atom. The molecule has 3 fully saturated rings. The number of benzene rings is 10. The molecule has 5 aliphatic rings. The molecule has 31 heteroatoms. The highest BCUT2D eigenvalue weighted by Crippen LogP contribution is 2.38. The van der Waals surface area contributed by atoms with Gasteiger partial charge >= 0.3 is 0 Å². The smallest absolute Gasteiger partial charge is 0.235 e. The number of anilines is 13. The minimum atomic E-state index is -3.33. The van der Waals surface area contributed by atoms with Gasteiger partial charge in [0.2, 0.25) is 30.1 Å². The van der Waals surface area contributed by atoms with Crippen molar-refractivity contribution in [3.63, 3.8) is 0 Å². The van der Waals surface area contributed by atoms with Crippen molar-refractivity contribution in [1.82, 2.24) is 0 Å². The molecule has 145 heavy (non-hydrogen) atoms. The minimum absolute atomic E-state index is 0.204. The van der Waals surface area contributed by atoms with Crippen LogP contribution in [0.2, 0.25) is 0 Å². The average Bonchev–Trinajstić information content (AvgIpc) is 1.67. The van der Waals surface area contributed by atoms with Gasteiger partial charge < -0.3 is 76.1 Å². The van der Waals surface area contributed by atoms with Gasteiger partial charge in [-0.3, -0.25) is 22.6 Å². The van der Waals surface area contributed by atoms with Crippen molar-refractivity contribution in [2.75, 3.05) is 99.6 Å². The quantitative estimate of drug-likeness (QED) is 0.0154. The van der Waals surface area contributed by atoms with E-state index in [0.717, 1.165) is 97.7 Å². The number of aryl methyl sites for hydroxylation is 4. The van der Waals surface area contributed by atoms with Gasteiger partial charge in [0.05, 0.1) is 58.4 Å². The summed E-state index contributed by atoms with van der Waals surface area (Å²) in [7, 11) is -9.96. The first-order valence-electron chi connectivity index (χ1n) is 50.9. The fourth-order valence-corrected chi connectivity index (χ4v) is 20.0. The maximum absolute atomic E-state index is 12.0.